The van der Waals surface area contributed by atoms with Crippen LogP contribution in [0.5, 0.6) is 5.75 Å². The molecule has 2 aromatic carbocycles. The number of hydrogen-bond acceptors (Lipinski definition) is 6. The fraction of sp³-hybridized carbons (Fsp3) is 0.435. The molecule has 1 fully saturated rings. The maximum atomic E-state index is 12.7. The number of carbonyl (C=O) groups excluding carboxylic acids is 1. The molecule has 0 spiro atoms. The van der Waals surface area contributed by atoms with Gasteiger partial charge in [0.15, 0.2) is 0 Å². The Balaban J connectivity index is 1.71. The Hall–Kier alpha value is -2.93. The van der Waals surface area contributed by atoms with Crippen LogP contribution in [0.15, 0.2) is 42.5 Å². The van der Waals surface area contributed by atoms with Crippen LogP contribution >= 0.6 is 0 Å². The maximum absolute atomic E-state index is 12.7. The molecule has 0 saturated carbocycles. The highest BCUT2D eigenvalue weighted by atomic mass is 16.6. The summed E-state index contributed by atoms with van der Waals surface area (Å²) in [5.74, 6) is 0.795. The third-order valence-electron chi connectivity index (χ3n) is 5.40. The van der Waals surface area contributed by atoms with E-state index in [0.717, 1.165) is 42.9 Å². The van der Waals surface area contributed by atoms with Crippen LogP contribution in [0, 0.1) is 10.1 Å². The number of nitrogens with zero attached hydrogens (tertiary/aromatic N) is 2. The van der Waals surface area contributed by atoms with Crippen molar-refractivity contribution in [2.75, 3.05) is 32.1 Å². The summed E-state index contributed by atoms with van der Waals surface area (Å²) in [7, 11) is 2.10. The zero-order chi connectivity index (χ0) is 21.5. The summed E-state index contributed by atoms with van der Waals surface area (Å²) < 4.78 is 5.43. The average Bonchev–Trinajstić information content (AvgIpc) is 2.72. The van der Waals surface area contributed by atoms with Crippen molar-refractivity contribution >= 4 is 17.2 Å². The molecule has 30 heavy (non-hydrogen) atoms. The highest BCUT2D eigenvalue weighted by molar-refractivity contribution is 5.85. The normalized spacial score (nSPS) is 15.0. The molecule has 0 amide bonds. The summed E-state index contributed by atoms with van der Waals surface area (Å²) in [6, 6.07) is 12.5. The molecule has 1 heterocycles. The molecule has 0 aromatic heterocycles. The van der Waals surface area contributed by atoms with E-state index in [0.29, 0.717) is 18.2 Å². The minimum absolute atomic E-state index is 0.00722. The van der Waals surface area contributed by atoms with Crippen LogP contribution < -0.4 is 10.1 Å². The van der Waals surface area contributed by atoms with E-state index in [-0.39, 0.29) is 24.3 Å². The molecule has 0 aliphatic carbocycles. The second-order valence-corrected chi connectivity index (χ2v) is 7.79. The number of hydrogen-bond donors (Lipinski definition) is 1. The van der Waals surface area contributed by atoms with Gasteiger partial charge in [-0.05, 0) is 69.2 Å². The Morgan fingerprint density at radius 3 is 2.50 bits per heavy atom. The number of carbonyl (C=O) groups is 1. The van der Waals surface area contributed by atoms with E-state index < -0.39 is 4.92 Å². The summed E-state index contributed by atoms with van der Waals surface area (Å²) in [5.41, 5.74) is 2.40. The number of nitro groups is 1. The molecule has 1 saturated heterocycles. The van der Waals surface area contributed by atoms with Crippen molar-refractivity contribution in [1.29, 1.82) is 0 Å². The highest BCUT2D eigenvalue weighted by Gasteiger charge is 2.20. The quantitative estimate of drug-likeness (QED) is 0.498. The molecule has 7 heteroatoms. The second-order valence-electron chi connectivity index (χ2n) is 7.79. The van der Waals surface area contributed by atoms with Crippen LogP contribution in [0.3, 0.4) is 0 Å². The van der Waals surface area contributed by atoms with Gasteiger partial charge in [-0.2, -0.15) is 0 Å². The summed E-state index contributed by atoms with van der Waals surface area (Å²) in [5, 5.41) is 14.7. The van der Waals surface area contributed by atoms with Gasteiger partial charge in [-0.3, -0.25) is 14.9 Å². The van der Waals surface area contributed by atoms with E-state index in [1.165, 1.54) is 12.1 Å². The Kier molecular flexibility index (Phi) is 7.41. The number of anilines is 1. The zero-order valence-corrected chi connectivity index (χ0v) is 17.6. The van der Waals surface area contributed by atoms with Gasteiger partial charge >= 0.3 is 0 Å². The van der Waals surface area contributed by atoms with Gasteiger partial charge in [-0.1, -0.05) is 12.1 Å². The average molecular weight is 412 g/mol. The van der Waals surface area contributed by atoms with Gasteiger partial charge in [0.05, 0.1) is 11.5 Å². The molecule has 0 unspecified atom stereocenters. The molecule has 0 bridgehead atoms. The van der Waals surface area contributed by atoms with Crippen LogP contribution in [0.4, 0.5) is 11.4 Å². The van der Waals surface area contributed by atoms with Crippen LogP contribution in [-0.4, -0.2) is 48.4 Å². The number of rotatable bonds is 9. The molecule has 0 radical (unpaired) electrons. The molecule has 1 aliphatic rings. The number of benzene rings is 2. The minimum atomic E-state index is -0.417. The third kappa shape index (κ3) is 6.03. The molecular formula is C23H29N3O4. The van der Waals surface area contributed by atoms with Crippen molar-refractivity contribution in [3.8, 4) is 5.75 Å². The Morgan fingerprint density at radius 2 is 1.87 bits per heavy atom. The van der Waals surface area contributed by atoms with Crippen molar-refractivity contribution in [2.24, 2.45) is 0 Å². The fourth-order valence-electron chi connectivity index (χ4n) is 3.73. The lowest BCUT2D eigenvalue weighted by Crippen LogP contribution is -2.36. The molecule has 0 atom stereocenters. The number of Topliss-reactive ketones (excluding diaryl/α,β-unsaturated/α-hetero) is 1. The smallest absolute Gasteiger partial charge is 0.269 e. The number of non-ortho nitro benzene ring substituents is 1. The van der Waals surface area contributed by atoms with Crippen molar-refractivity contribution in [3.63, 3.8) is 0 Å². The topological polar surface area (TPSA) is 84.7 Å². The lowest BCUT2D eigenvalue weighted by Gasteiger charge is -2.30. The number of ketones is 1. The van der Waals surface area contributed by atoms with Gasteiger partial charge in [-0.15, -0.1) is 0 Å². The molecule has 160 valence electrons. The van der Waals surface area contributed by atoms with Gasteiger partial charge in [0.25, 0.3) is 5.69 Å². The monoisotopic (exact) mass is 411 g/mol. The van der Waals surface area contributed by atoms with Crippen LogP contribution in [0.2, 0.25) is 0 Å². The van der Waals surface area contributed by atoms with Gasteiger partial charge in [0.1, 0.15) is 11.5 Å². The van der Waals surface area contributed by atoms with Gasteiger partial charge in [0, 0.05) is 36.7 Å². The summed E-state index contributed by atoms with van der Waals surface area (Å²) in [6.07, 6.45) is 2.45. The highest BCUT2D eigenvalue weighted by Crippen LogP contribution is 2.26. The summed E-state index contributed by atoms with van der Waals surface area (Å²) in [6.45, 7) is 4.54. The zero-order valence-electron chi connectivity index (χ0n) is 17.6. The first-order chi connectivity index (χ1) is 14.4. The van der Waals surface area contributed by atoms with Crippen LogP contribution in [0.25, 0.3) is 0 Å². The lowest BCUT2D eigenvalue weighted by atomic mass is 9.99. The largest absolute Gasteiger partial charge is 0.494 e. The standard InChI is InChI=1S/C23H29N3O4/c1-3-30-22-7-4-17(5-8-22)14-21(27)16-18-15-20(26(28)29)6-9-23(18)24-19-10-12-25(2)13-11-19/h4-9,15,19,24H,3,10-14,16H2,1-2H3. The van der Waals surface area contributed by atoms with E-state index in [1.807, 2.05) is 31.2 Å². The molecular weight excluding hydrogens is 382 g/mol. The first-order valence-corrected chi connectivity index (χ1v) is 10.4. The third-order valence-corrected chi connectivity index (χ3v) is 5.40. The maximum Gasteiger partial charge on any atom is 0.269 e. The van der Waals surface area contributed by atoms with E-state index >= 15 is 0 Å². The molecule has 3 rings (SSSR count). The first-order valence-electron chi connectivity index (χ1n) is 10.4. The molecule has 1 N–H and O–H groups in total. The SMILES string of the molecule is CCOc1ccc(CC(=O)Cc2cc([N+](=O)[O-])ccc2NC2CCN(C)CC2)cc1. The van der Waals surface area contributed by atoms with Gasteiger partial charge < -0.3 is 15.0 Å². The lowest BCUT2D eigenvalue weighted by molar-refractivity contribution is -0.384. The first kappa shape index (κ1) is 21.8. The Labute approximate surface area is 177 Å². The summed E-state index contributed by atoms with van der Waals surface area (Å²) >= 11 is 0. The van der Waals surface area contributed by atoms with E-state index in [1.54, 1.807) is 6.07 Å². The number of piperidine rings is 1. The second kappa shape index (κ2) is 10.2. The Bertz CT molecular complexity index is 875. The number of likely N-dealkylation sites (tertiary alicyclic amines) is 1. The molecule has 1 aliphatic heterocycles. The molecule has 2 aromatic rings. The number of nitrogens with one attached hydrogen (secondary N) is 1. The minimum Gasteiger partial charge on any atom is -0.494 e. The van der Waals surface area contributed by atoms with E-state index in [4.69, 9.17) is 4.74 Å². The van der Waals surface area contributed by atoms with Crippen LogP contribution in [0.1, 0.15) is 30.9 Å². The molecule has 7 nitrogen and oxygen atoms in total. The van der Waals surface area contributed by atoms with E-state index in [2.05, 4.69) is 17.3 Å². The predicted molar refractivity (Wildman–Crippen MR) is 117 cm³/mol. The number of nitro benzene ring substituents is 1. The van der Waals surface area contributed by atoms with Crippen molar-refractivity contribution < 1.29 is 14.5 Å². The summed E-state index contributed by atoms with van der Waals surface area (Å²) in [4.78, 5) is 25.8. The van der Waals surface area contributed by atoms with Gasteiger partial charge in [0.2, 0.25) is 0 Å². The fourth-order valence-corrected chi connectivity index (χ4v) is 3.73. The van der Waals surface area contributed by atoms with Crippen molar-refractivity contribution in [1.82, 2.24) is 4.90 Å². The van der Waals surface area contributed by atoms with Crippen molar-refractivity contribution in [3.05, 3.63) is 63.7 Å². The van der Waals surface area contributed by atoms with Crippen molar-refractivity contribution in [2.45, 2.75) is 38.6 Å². The Morgan fingerprint density at radius 1 is 1.17 bits per heavy atom. The van der Waals surface area contributed by atoms with Crippen LogP contribution in [-0.2, 0) is 17.6 Å². The van der Waals surface area contributed by atoms with Gasteiger partial charge in [-0.25, -0.2) is 0 Å². The number of ether oxygens (including phenoxy) is 1. The van der Waals surface area contributed by atoms with E-state index in [9.17, 15) is 14.9 Å². The predicted octanol–water partition coefficient (Wildman–Crippen LogP) is 3.85.